The predicted molar refractivity (Wildman–Crippen MR) is 79.7 cm³/mol. The first-order valence-corrected chi connectivity index (χ1v) is 7.78. The quantitative estimate of drug-likeness (QED) is 0.567. The number of hydrogen-bond donors (Lipinski definition) is 0. The van der Waals surface area contributed by atoms with E-state index < -0.39 is 0 Å². The molecule has 0 spiro atoms. The Balaban J connectivity index is 1.89. The number of benzene rings is 1. The molecule has 0 N–H and O–H groups in total. The van der Waals surface area contributed by atoms with Crippen LogP contribution in [0.3, 0.4) is 0 Å². The molecule has 1 aliphatic heterocycles. The van der Waals surface area contributed by atoms with E-state index in [1.807, 2.05) is 30.3 Å². The molecule has 0 aromatic heterocycles. The van der Waals surface area contributed by atoms with Crippen molar-refractivity contribution < 1.29 is 4.79 Å². The molecule has 0 aliphatic carbocycles. The van der Waals surface area contributed by atoms with Gasteiger partial charge in [0.1, 0.15) is 0 Å². The zero-order valence-corrected chi connectivity index (χ0v) is 12.1. The number of alkyl halides is 1. The van der Waals surface area contributed by atoms with Crippen molar-refractivity contribution in [2.24, 2.45) is 0 Å². The molecule has 104 valence electrons. The van der Waals surface area contributed by atoms with Crippen LogP contribution in [0.4, 0.5) is 0 Å². The molecule has 0 bridgehead atoms. The van der Waals surface area contributed by atoms with E-state index in [9.17, 15) is 4.79 Å². The maximum absolute atomic E-state index is 12.5. The minimum atomic E-state index is 0.195. The van der Waals surface area contributed by atoms with Crippen molar-refractivity contribution in [3.05, 3.63) is 35.9 Å². The zero-order valence-electron chi connectivity index (χ0n) is 11.4. The van der Waals surface area contributed by atoms with Crippen LogP contribution < -0.4 is 0 Å². The standard InChI is InChI=1S/C16H22ClNO/c17-12-6-2-5-10-15-11-7-13-18(15)16(19)14-8-3-1-4-9-14/h1,3-4,8-9,15H,2,5-7,10-13H2/t15-/m1/s1. The third-order valence-electron chi connectivity index (χ3n) is 3.83. The van der Waals surface area contributed by atoms with Crippen molar-refractivity contribution >= 4 is 17.5 Å². The Hall–Kier alpha value is -1.02. The molecule has 1 atom stereocenters. The molecule has 1 heterocycles. The highest BCUT2D eigenvalue weighted by molar-refractivity contribution is 6.17. The maximum Gasteiger partial charge on any atom is 0.254 e. The van der Waals surface area contributed by atoms with Crippen molar-refractivity contribution in [3.8, 4) is 0 Å². The van der Waals surface area contributed by atoms with Crippen LogP contribution in [-0.4, -0.2) is 29.3 Å². The molecule has 2 nitrogen and oxygen atoms in total. The zero-order chi connectivity index (χ0) is 13.5. The summed E-state index contributed by atoms with van der Waals surface area (Å²) >= 11 is 5.69. The van der Waals surface area contributed by atoms with Gasteiger partial charge in [0.05, 0.1) is 0 Å². The van der Waals surface area contributed by atoms with E-state index in [2.05, 4.69) is 4.90 Å². The molecule has 19 heavy (non-hydrogen) atoms. The number of carbonyl (C=O) groups excluding carboxylic acids is 1. The van der Waals surface area contributed by atoms with Gasteiger partial charge in [0.2, 0.25) is 0 Å². The van der Waals surface area contributed by atoms with Crippen molar-refractivity contribution in [1.29, 1.82) is 0 Å². The first kappa shape index (κ1) is 14.4. The Morgan fingerprint density at radius 1 is 1.21 bits per heavy atom. The molecule has 0 unspecified atom stereocenters. The van der Waals surface area contributed by atoms with Gasteiger partial charge in [0, 0.05) is 24.0 Å². The van der Waals surface area contributed by atoms with E-state index in [1.165, 1.54) is 12.8 Å². The lowest BCUT2D eigenvalue weighted by molar-refractivity contribution is 0.0728. The fourth-order valence-corrected chi connectivity index (χ4v) is 2.99. The molecular formula is C16H22ClNO. The van der Waals surface area contributed by atoms with E-state index in [4.69, 9.17) is 11.6 Å². The lowest BCUT2D eigenvalue weighted by Gasteiger charge is -2.24. The highest BCUT2D eigenvalue weighted by Gasteiger charge is 2.28. The predicted octanol–water partition coefficient (Wildman–Crippen LogP) is 4.09. The van der Waals surface area contributed by atoms with Gasteiger partial charge in [-0.05, 0) is 37.8 Å². The lowest BCUT2D eigenvalue weighted by atomic mass is 10.1. The average Bonchev–Trinajstić information content (AvgIpc) is 2.92. The smallest absolute Gasteiger partial charge is 0.254 e. The first-order chi connectivity index (χ1) is 9.33. The summed E-state index contributed by atoms with van der Waals surface area (Å²) in [5.74, 6) is 0.942. The summed E-state index contributed by atoms with van der Waals surface area (Å²) in [7, 11) is 0. The molecule has 1 aromatic rings. The monoisotopic (exact) mass is 279 g/mol. The second-order valence-corrected chi connectivity index (χ2v) is 5.58. The molecule has 0 radical (unpaired) electrons. The Kier molecular flexibility index (Phi) is 5.71. The molecule has 1 aliphatic rings. The van der Waals surface area contributed by atoms with Crippen molar-refractivity contribution in [1.82, 2.24) is 4.90 Å². The van der Waals surface area contributed by atoms with Crippen LogP contribution in [0.2, 0.25) is 0 Å². The summed E-state index contributed by atoms with van der Waals surface area (Å²) in [6.07, 6.45) is 6.85. The molecule has 1 saturated heterocycles. The SMILES string of the molecule is O=C(c1ccccc1)N1CCC[C@H]1CCCCCCl. The average molecular weight is 280 g/mol. The van der Waals surface area contributed by atoms with E-state index in [0.29, 0.717) is 6.04 Å². The van der Waals surface area contributed by atoms with Gasteiger partial charge in [-0.2, -0.15) is 0 Å². The van der Waals surface area contributed by atoms with E-state index in [0.717, 1.165) is 43.7 Å². The van der Waals surface area contributed by atoms with E-state index >= 15 is 0 Å². The molecule has 2 rings (SSSR count). The largest absolute Gasteiger partial charge is 0.336 e. The van der Waals surface area contributed by atoms with Crippen molar-refractivity contribution in [2.75, 3.05) is 12.4 Å². The van der Waals surface area contributed by atoms with Gasteiger partial charge in [0.25, 0.3) is 5.91 Å². The Morgan fingerprint density at radius 2 is 2.00 bits per heavy atom. The summed E-state index contributed by atoms with van der Waals surface area (Å²) in [6.45, 7) is 0.911. The number of unbranched alkanes of at least 4 members (excludes halogenated alkanes) is 2. The number of rotatable bonds is 6. The summed E-state index contributed by atoms with van der Waals surface area (Å²) in [6, 6.07) is 10.1. The Morgan fingerprint density at radius 3 is 2.74 bits per heavy atom. The van der Waals surface area contributed by atoms with Crippen LogP contribution in [0.15, 0.2) is 30.3 Å². The van der Waals surface area contributed by atoms with Gasteiger partial charge in [-0.3, -0.25) is 4.79 Å². The normalized spacial score (nSPS) is 18.8. The Bertz CT molecular complexity index is 393. The number of nitrogens with zero attached hydrogens (tertiary/aromatic N) is 1. The second kappa shape index (κ2) is 7.54. The third-order valence-corrected chi connectivity index (χ3v) is 4.10. The van der Waals surface area contributed by atoms with Gasteiger partial charge >= 0.3 is 0 Å². The van der Waals surface area contributed by atoms with E-state index in [-0.39, 0.29) is 5.91 Å². The van der Waals surface area contributed by atoms with Gasteiger partial charge in [-0.1, -0.05) is 31.0 Å². The third kappa shape index (κ3) is 3.97. The topological polar surface area (TPSA) is 20.3 Å². The van der Waals surface area contributed by atoms with Crippen molar-refractivity contribution in [3.63, 3.8) is 0 Å². The fraction of sp³-hybridized carbons (Fsp3) is 0.562. The van der Waals surface area contributed by atoms with Crippen LogP contribution in [0.5, 0.6) is 0 Å². The van der Waals surface area contributed by atoms with Crippen molar-refractivity contribution in [2.45, 2.75) is 44.6 Å². The highest BCUT2D eigenvalue weighted by atomic mass is 35.5. The number of carbonyl (C=O) groups is 1. The van der Waals surface area contributed by atoms with Gasteiger partial charge in [-0.25, -0.2) is 0 Å². The van der Waals surface area contributed by atoms with Crippen LogP contribution in [0, 0.1) is 0 Å². The second-order valence-electron chi connectivity index (χ2n) is 5.20. The molecule has 1 aromatic carbocycles. The van der Waals surface area contributed by atoms with Crippen LogP contribution >= 0.6 is 11.6 Å². The van der Waals surface area contributed by atoms with Crippen LogP contribution in [-0.2, 0) is 0 Å². The number of likely N-dealkylation sites (tertiary alicyclic amines) is 1. The lowest BCUT2D eigenvalue weighted by Crippen LogP contribution is -2.35. The molecule has 1 amide bonds. The molecular weight excluding hydrogens is 258 g/mol. The Labute approximate surface area is 120 Å². The maximum atomic E-state index is 12.5. The summed E-state index contributed by atoms with van der Waals surface area (Å²) < 4.78 is 0. The molecule has 1 fully saturated rings. The first-order valence-electron chi connectivity index (χ1n) is 7.25. The van der Waals surface area contributed by atoms with Crippen LogP contribution in [0.1, 0.15) is 48.9 Å². The summed E-state index contributed by atoms with van der Waals surface area (Å²) in [4.78, 5) is 14.5. The minimum absolute atomic E-state index is 0.195. The molecule has 0 saturated carbocycles. The van der Waals surface area contributed by atoms with E-state index in [1.54, 1.807) is 0 Å². The number of amides is 1. The van der Waals surface area contributed by atoms with Gasteiger partial charge in [-0.15, -0.1) is 11.6 Å². The van der Waals surface area contributed by atoms with Gasteiger partial charge in [0.15, 0.2) is 0 Å². The summed E-state index contributed by atoms with van der Waals surface area (Å²) in [5.41, 5.74) is 0.815. The van der Waals surface area contributed by atoms with Crippen LogP contribution in [0.25, 0.3) is 0 Å². The minimum Gasteiger partial charge on any atom is -0.336 e. The number of halogens is 1. The van der Waals surface area contributed by atoms with Gasteiger partial charge < -0.3 is 4.90 Å². The fourth-order valence-electron chi connectivity index (χ4n) is 2.80. The summed E-state index contributed by atoms with van der Waals surface area (Å²) in [5, 5.41) is 0. The molecule has 3 heteroatoms. The highest BCUT2D eigenvalue weighted by Crippen LogP contribution is 2.24. The number of hydrogen-bond acceptors (Lipinski definition) is 1.